The van der Waals surface area contributed by atoms with Crippen molar-refractivity contribution >= 4 is 27.9 Å². The maximum atomic E-state index is 15.4. The van der Waals surface area contributed by atoms with Gasteiger partial charge >= 0.3 is 6.18 Å². The van der Waals surface area contributed by atoms with Crippen LogP contribution in [0.3, 0.4) is 0 Å². The lowest BCUT2D eigenvalue weighted by molar-refractivity contribution is -0.140. The lowest BCUT2D eigenvalue weighted by Gasteiger charge is -2.46. The van der Waals surface area contributed by atoms with Crippen molar-refractivity contribution in [1.29, 1.82) is 0 Å². The number of amides is 1. The minimum Gasteiger partial charge on any atom is -0.495 e. The molecule has 1 amide bonds. The Hall–Kier alpha value is -3.56. The highest BCUT2D eigenvalue weighted by Gasteiger charge is 2.44. The van der Waals surface area contributed by atoms with Crippen molar-refractivity contribution in [2.45, 2.75) is 24.7 Å². The van der Waals surface area contributed by atoms with Gasteiger partial charge in [0.05, 0.1) is 30.5 Å². The number of nitrogens with zero attached hydrogens (tertiary/aromatic N) is 2. The predicted molar refractivity (Wildman–Crippen MR) is 133 cm³/mol. The van der Waals surface area contributed by atoms with Gasteiger partial charge in [-0.1, -0.05) is 6.07 Å². The number of fused-ring (bicyclic) bond motifs is 1. The van der Waals surface area contributed by atoms with Gasteiger partial charge in [0.25, 0.3) is 5.91 Å². The van der Waals surface area contributed by atoms with E-state index in [0.29, 0.717) is 18.4 Å². The van der Waals surface area contributed by atoms with E-state index in [1.165, 1.54) is 12.0 Å². The van der Waals surface area contributed by atoms with Crippen LogP contribution < -0.4 is 15.4 Å². The summed E-state index contributed by atoms with van der Waals surface area (Å²) in [4.78, 5) is 24.8. The molecule has 0 bridgehead atoms. The fourth-order valence-electron chi connectivity index (χ4n) is 4.80. The summed E-state index contributed by atoms with van der Waals surface area (Å²) in [5.74, 6) is -3.72. The van der Waals surface area contributed by atoms with Crippen molar-refractivity contribution in [3.8, 4) is 16.9 Å². The third-order valence-electron chi connectivity index (χ3n) is 6.64. The van der Waals surface area contributed by atoms with E-state index < -0.39 is 63.8 Å². The van der Waals surface area contributed by atoms with Crippen LogP contribution in [-0.4, -0.2) is 69.6 Å². The van der Waals surface area contributed by atoms with Crippen molar-refractivity contribution in [2.24, 2.45) is 5.73 Å². The molecular formula is C25H24F5N3O6S. The second-order valence-electron chi connectivity index (χ2n) is 9.16. The van der Waals surface area contributed by atoms with E-state index in [9.17, 15) is 35.6 Å². The zero-order chi connectivity index (χ0) is 29.4. The van der Waals surface area contributed by atoms with E-state index in [1.807, 2.05) is 0 Å². The number of morpholine rings is 1. The van der Waals surface area contributed by atoms with Crippen molar-refractivity contribution in [2.75, 3.05) is 37.5 Å². The number of aldehydes is 1. The third-order valence-corrected chi connectivity index (χ3v) is 8.46. The molecule has 9 nitrogen and oxygen atoms in total. The Morgan fingerprint density at radius 2 is 1.93 bits per heavy atom. The number of alkyl halides is 3. The van der Waals surface area contributed by atoms with E-state index in [-0.39, 0.29) is 47.8 Å². The van der Waals surface area contributed by atoms with Crippen LogP contribution in [0.4, 0.5) is 27.6 Å². The first-order valence-corrected chi connectivity index (χ1v) is 13.4. The van der Waals surface area contributed by atoms with Crippen LogP contribution in [0.25, 0.3) is 11.1 Å². The summed E-state index contributed by atoms with van der Waals surface area (Å²) in [6.07, 6.45) is -4.42. The van der Waals surface area contributed by atoms with Crippen LogP contribution in [0, 0.1) is 11.6 Å². The third kappa shape index (κ3) is 5.81. The summed E-state index contributed by atoms with van der Waals surface area (Å²) in [6.45, 7) is -0.644. The molecule has 40 heavy (non-hydrogen) atoms. The first kappa shape index (κ1) is 29.4. The fraction of sp³-hybridized carbons (Fsp3) is 0.360. The molecule has 0 spiro atoms. The molecule has 0 saturated carbocycles. The Morgan fingerprint density at radius 3 is 2.58 bits per heavy atom. The fourth-order valence-corrected chi connectivity index (χ4v) is 6.25. The summed E-state index contributed by atoms with van der Waals surface area (Å²) in [5.41, 5.74) is 3.26. The van der Waals surface area contributed by atoms with E-state index in [2.05, 4.69) is 0 Å². The Kier molecular flexibility index (Phi) is 8.19. The molecule has 2 saturated heterocycles. The molecule has 4 rings (SSSR count). The highest BCUT2D eigenvalue weighted by atomic mass is 32.2. The van der Waals surface area contributed by atoms with Gasteiger partial charge in [-0.05, 0) is 36.3 Å². The lowest BCUT2D eigenvalue weighted by Crippen LogP contribution is -2.62. The summed E-state index contributed by atoms with van der Waals surface area (Å²) < 4.78 is 106. The summed E-state index contributed by atoms with van der Waals surface area (Å²) in [6, 6.07) is 3.37. The van der Waals surface area contributed by atoms with Crippen LogP contribution in [0.15, 0.2) is 42.1 Å². The summed E-state index contributed by atoms with van der Waals surface area (Å²) >= 11 is 0. The average molecular weight is 590 g/mol. The molecule has 216 valence electrons. The van der Waals surface area contributed by atoms with Gasteiger partial charge in [0.15, 0.2) is 0 Å². The highest BCUT2D eigenvalue weighted by Crippen LogP contribution is 2.41. The number of halogens is 5. The van der Waals surface area contributed by atoms with Gasteiger partial charge in [-0.25, -0.2) is 17.2 Å². The number of carbonyl (C=O) groups is 2. The van der Waals surface area contributed by atoms with Crippen LogP contribution in [-0.2, 0) is 30.5 Å². The molecule has 15 heteroatoms. The standard InChI is InChI=1S/C25H24F5N3O6S/c1-38-22-9-16(14-2-3-18(26)17(8-14)25(28,29)30)19(27)10-21(22)33-20-4-6-32(11-23(20)39-12-24(33)35)40(36,37)13-15(31)5-7-34/h2-3,5,7-10,20,23H,4,6,11-13,31H2,1H3/t20-,23-/m1/s1. The number of ether oxygens (including phenoxy) is 2. The number of benzene rings is 2. The number of rotatable bonds is 7. The second-order valence-corrected chi connectivity index (χ2v) is 11.1. The molecule has 2 heterocycles. The number of nitrogens with two attached hydrogens (primary N) is 1. The number of piperidine rings is 1. The van der Waals surface area contributed by atoms with Gasteiger partial charge in [-0.2, -0.15) is 17.5 Å². The molecule has 2 aromatic carbocycles. The Morgan fingerprint density at radius 1 is 1.20 bits per heavy atom. The van der Waals surface area contributed by atoms with E-state index >= 15 is 4.39 Å². The monoisotopic (exact) mass is 589 g/mol. The van der Waals surface area contributed by atoms with Gasteiger partial charge in [0, 0.05) is 30.4 Å². The molecule has 0 unspecified atom stereocenters. The Balaban J connectivity index is 1.66. The molecule has 2 atom stereocenters. The van der Waals surface area contributed by atoms with E-state index in [4.69, 9.17) is 15.2 Å². The van der Waals surface area contributed by atoms with Crippen molar-refractivity contribution < 1.29 is 49.4 Å². The molecule has 2 fully saturated rings. The second kappa shape index (κ2) is 11.1. The SMILES string of the molecule is COc1cc(-c2ccc(F)c(C(F)(F)F)c2)c(F)cc1N1C(=O)CO[C@@H]2CN(S(=O)(=O)CC(N)=CC=O)CC[C@H]21. The van der Waals surface area contributed by atoms with E-state index in [0.717, 1.165) is 28.6 Å². The van der Waals surface area contributed by atoms with Gasteiger partial charge < -0.3 is 20.1 Å². The Bertz CT molecular complexity index is 1460. The Labute approximate surface area is 226 Å². The first-order chi connectivity index (χ1) is 18.8. The number of anilines is 1. The molecule has 0 radical (unpaired) electrons. The van der Waals surface area contributed by atoms with Crippen molar-refractivity contribution in [1.82, 2.24) is 4.31 Å². The van der Waals surface area contributed by atoms with Crippen molar-refractivity contribution in [3.63, 3.8) is 0 Å². The van der Waals surface area contributed by atoms with Crippen molar-refractivity contribution in [3.05, 3.63) is 59.3 Å². The van der Waals surface area contributed by atoms with Gasteiger partial charge in [0.2, 0.25) is 10.0 Å². The first-order valence-electron chi connectivity index (χ1n) is 11.8. The number of hydrogen-bond donors (Lipinski definition) is 1. The van der Waals surface area contributed by atoms with Gasteiger partial charge in [-0.3, -0.25) is 9.59 Å². The zero-order valence-corrected chi connectivity index (χ0v) is 21.8. The normalized spacial score (nSPS) is 20.8. The average Bonchev–Trinajstić information content (AvgIpc) is 2.88. The zero-order valence-electron chi connectivity index (χ0n) is 21.0. The van der Waals surface area contributed by atoms with E-state index in [1.54, 1.807) is 0 Å². The number of methoxy groups -OCH3 is 1. The smallest absolute Gasteiger partial charge is 0.419 e. The molecule has 2 aliphatic rings. The summed E-state index contributed by atoms with van der Waals surface area (Å²) in [5, 5.41) is 0. The maximum absolute atomic E-state index is 15.4. The van der Waals surface area contributed by atoms with Crippen LogP contribution in [0.5, 0.6) is 5.75 Å². The quantitative estimate of drug-likeness (QED) is 0.300. The minimum atomic E-state index is -5.01. The van der Waals surface area contributed by atoms with Crippen LogP contribution >= 0.6 is 0 Å². The summed E-state index contributed by atoms with van der Waals surface area (Å²) in [7, 11) is -2.69. The molecule has 2 aliphatic heterocycles. The topological polar surface area (TPSA) is 119 Å². The predicted octanol–water partition coefficient (Wildman–Crippen LogP) is 2.84. The minimum absolute atomic E-state index is 0.0281. The molecule has 0 aliphatic carbocycles. The number of allylic oxidation sites excluding steroid dienone is 1. The number of carbonyl (C=O) groups excluding carboxylic acids is 2. The van der Waals surface area contributed by atoms with Gasteiger partial charge in [0.1, 0.15) is 36.0 Å². The van der Waals surface area contributed by atoms with Crippen LogP contribution in [0.1, 0.15) is 12.0 Å². The largest absolute Gasteiger partial charge is 0.495 e. The number of hydrogen-bond acceptors (Lipinski definition) is 7. The molecular weight excluding hydrogens is 565 g/mol. The van der Waals surface area contributed by atoms with Crippen LogP contribution in [0.2, 0.25) is 0 Å². The lowest BCUT2D eigenvalue weighted by atomic mass is 9.97. The molecule has 0 aromatic heterocycles. The molecule has 2 N–H and O–H groups in total. The highest BCUT2D eigenvalue weighted by molar-refractivity contribution is 7.89. The number of sulfonamides is 1. The maximum Gasteiger partial charge on any atom is 0.419 e. The molecule has 2 aromatic rings. The van der Waals surface area contributed by atoms with Gasteiger partial charge in [-0.15, -0.1) is 0 Å².